The van der Waals surface area contributed by atoms with E-state index < -0.39 is 0 Å². The number of rotatable bonds is 3. The van der Waals surface area contributed by atoms with Crippen LogP contribution in [0.5, 0.6) is 0 Å². The van der Waals surface area contributed by atoms with Gasteiger partial charge >= 0.3 is 5.69 Å². The molecule has 0 spiro atoms. The average Bonchev–Trinajstić information content (AvgIpc) is 2.57. The Morgan fingerprint density at radius 3 is 2.68 bits per heavy atom. The maximum absolute atomic E-state index is 12.6. The minimum Gasteiger partial charge on any atom is -0.381 e. The van der Waals surface area contributed by atoms with Crippen molar-refractivity contribution < 1.29 is 4.74 Å². The smallest absolute Gasteiger partial charge is 0.331 e. The Labute approximate surface area is 128 Å². The van der Waals surface area contributed by atoms with E-state index in [9.17, 15) is 9.59 Å². The van der Waals surface area contributed by atoms with Gasteiger partial charge in [0.2, 0.25) is 0 Å². The van der Waals surface area contributed by atoms with Gasteiger partial charge in [-0.3, -0.25) is 18.9 Å². The van der Waals surface area contributed by atoms with Crippen LogP contribution in [0.15, 0.2) is 28.0 Å². The fourth-order valence-electron chi connectivity index (χ4n) is 3.33. The summed E-state index contributed by atoms with van der Waals surface area (Å²) in [6, 6.07) is 1.70. The van der Waals surface area contributed by atoms with Gasteiger partial charge in [-0.25, -0.2) is 4.79 Å². The van der Waals surface area contributed by atoms with Crippen LogP contribution in [0.3, 0.4) is 0 Å². The molecule has 0 atom stereocenters. The number of ether oxygens (including phenoxy) is 1. The van der Waals surface area contributed by atoms with E-state index in [-0.39, 0.29) is 11.2 Å². The summed E-state index contributed by atoms with van der Waals surface area (Å²) in [4.78, 5) is 29.1. The van der Waals surface area contributed by atoms with Crippen molar-refractivity contribution in [2.45, 2.75) is 38.3 Å². The maximum Gasteiger partial charge on any atom is 0.331 e. The Morgan fingerprint density at radius 1 is 1.27 bits per heavy atom. The topological polar surface area (TPSA) is 66.1 Å². The Hall–Kier alpha value is -1.95. The summed E-state index contributed by atoms with van der Waals surface area (Å²) in [7, 11) is 3.43. The molecular formula is C16H21N3O3. The highest BCUT2D eigenvalue weighted by atomic mass is 16.5. The van der Waals surface area contributed by atoms with Crippen LogP contribution in [-0.2, 0) is 18.3 Å². The van der Waals surface area contributed by atoms with Gasteiger partial charge in [0.1, 0.15) is 0 Å². The van der Waals surface area contributed by atoms with E-state index in [0.29, 0.717) is 29.5 Å². The summed E-state index contributed by atoms with van der Waals surface area (Å²) in [5.74, 6) is 0.353. The fourth-order valence-corrected chi connectivity index (χ4v) is 3.33. The van der Waals surface area contributed by atoms with Crippen LogP contribution in [0, 0.1) is 5.92 Å². The molecule has 0 unspecified atom stereocenters. The normalized spacial score (nSPS) is 22.1. The predicted octanol–water partition coefficient (Wildman–Crippen LogP) is 1.30. The van der Waals surface area contributed by atoms with Gasteiger partial charge in [-0.2, -0.15) is 0 Å². The standard InChI is InChI=1S/C16H21N3O3/c1-18-14-7-8-17-9-13(14)15(20)19(16(18)21)10-11-3-5-12(22-2)6-4-11/h7-9,11-12H,3-6,10H2,1-2H3. The van der Waals surface area contributed by atoms with Crippen molar-refractivity contribution in [3.05, 3.63) is 39.3 Å². The molecule has 6 heteroatoms. The van der Waals surface area contributed by atoms with Crippen LogP contribution in [0.4, 0.5) is 0 Å². The van der Waals surface area contributed by atoms with Gasteiger partial charge < -0.3 is 4.74 Å². The van der Waals surface area contributed by atoms with Crippen LogP contribution in [0.25, 0.3) is 10.9 Å². The van der Waals surface area contributed by atoms with Gasteiger partial charge in [0.25, 0.3) is 5.56 Å². The van der Waals surface area contributed by atoms with Gasteiger partial charge in [-0.15, -0.1) is 0 Å². The fraction of sp³-hybridized carbons (Fsp3) is 0.562. The van der Waals surface area contributed by atoms with E-state index in [2.05, 4.69) is 4.98 Å². The van der Waals surface area contributed by atoms with E-state index in [0.717, 1.165) is 25.7 Å². The molecule has 3 rings (SSSR count). The molecule has 0 aliphatic heterocycles. The SMILES string of the molecule is COC1CCC(Cn2c(=O)c3cnccc3n(C)c2=O)CC1. The average molecular weight is 303 g/mol. The second-order valence-corrected chi connectivity index (χ2v) is 6.03. The van der Waals surface area contributed by atoms with Crippen molar-refractivity contribution in [1.29, 1.82) is 0 Å². The zero-order valence-corrected chi connectivity index (χ0v) is 13.0. The third kappa shape index (κ3) is 2.59. The molecule has 0 amide bonds. The first-order valence-corrected chi connectivity index (χ1v) is 7.68. The Morgan fingerprint density at radius 2 is 2.00 bits per heavy atom. The number of pyridine rings is 1. The molecular weight excluding hydrogens is 282 g/mol. The molecule has 0 saturated heterocycles. The van der Waals surface area contributed by atoms with Crippen molar-refractivity contribution in [2.24, 2.45) is 13.0 Å². The van der Waals surface area contributed by atoms with Crippen LogP contribution in [0.2, 0.25) is 0 Å². The predicted molar refractivity (Wildman–Crippen MR) is 84.0 cm³/mol. The Kier molecular flexibility index (Phi) is 4.11. The van der Waals surface area contributed by atoms with Crippen molar-refractivity contribution in [1.82, 2.24) is 14.1 Å². The highest BCUT2D eigenvalue weighted by Gasteiger charge is 2.23. The Bertz CT molecular complexity index is 785. The number of hydrogen-bond acceptors (Lipinski definition) is 4. The first-order chi connectivity index (χ1) is 10.6. The second-order valence-electron chi connectivity index (χ2n) is 6.03. The van der Waals surface area contributed by atoms with E-state index in [1.807, 2.05) is 0 Å². The van der Waals surface area contributed by atoms with Gasteiger partial charge in [0.05, 0.1) is 17.0 Å². The molecule has 1 saturated carbocycles. The quantitative estimate of drug-likeness (QED) is 0.857. The zero-order valence-electron chi connectivity index (χ0n) is 13.0. The maximum atomic E-state index is 12.6. The lowest BCUT2D eigenvalue weighted by Crippen LogP contribution is -2.41. The lowest BCUT2D eigenvalue weighted by molar-refractivity contribution is 0.0538. The molecule has 2 aromatic rings. The van der Waals surface area contributed by atoms with Crippen LogP contribution in [-0.4, -0.2) is 27.3 Å². The van der Waals surface area contributed by atoms with Gasteiger partial charge in [-0.05, 0) is 37.7 Å². The molecule has 118 valence electrons. The van der Waals surface area contributed by atoms with Crippen molar-refractivity contribution >= 4 is 10.9 Å². The number of methoxy groups -OCH3 is 1. The lowest BCUT2D eigenvalue weighted by Gasteiger charge is -2.27. The van der Waals surface area contributed by atoms with Gasteiger partial charge in [-0.1, -0.05) is 0 Å². The molecule has 2 heterocycles. The van der Waals surface area contributed by atoms with E-state index >= 15 is 0 Å². The molecule has 1 fully saturated rings. The van der Waals surface area contributed by atoms with Gasteiger partial charge in [0, 0.05) is 33.1 Å². The molecule has 1 aliphatic carbocycles. The third-order valence-corrected chi connectivity index (χ3v) is 4.72. The number of hydrogen-bond donors (Lipinski definition) is 0. The number of fused-ring (bicyclic) bond motifs is 1. The van der Waals surface area contributed by atoms with Crippen molar-refractivity contribution in [3.63, 3.8) is 0 Å². The van der Waals surface area contributed by atoms with Crippen molar-refractivity contribution in [3.8, 4) is 0 Å². The first-order valence-electron chi connectivity index (χ1n) is 7.68. The summed E-state index contributed by atoms with van der Waals surface area (Å²) in [5.41, 5.74) is 0.141. The number of nitrogens with zero attached hydrogens (tertiary/aromatic N) is 3. The van der Waals surface area contributed by atoms with E-state index in [4.69, 9.17) is 4.74 Å². The zero-order chi connectivity index (χ0) is 15.7. The summed E-state index contributed by atoms with van der Waals surface area (Å²) in [6.45, 7) is 0.479. The summed E-state index contributed by atoms with van der Waals surface area (Å²) in [5, 5.41) is 0.496. The van der Waals surface area contributed by atoms with Crippen molar-refractivity contribution in [2.75, 3.05) is 7.11 Å². The number of aromatic nitrogens is 3. The Balaban J connectivity index is 1.95. The molecule has 2 aromatic heterocycles. The highest BCUT2D eigenvalue weighted by molar-refractivity contribution is 5.76. The van der Waals surface area contributed by atoms with E-state index in [1.165, 1.54) is 15.3 Å². The molecule has 6 nitrogen and oxygen atoms in total. The summed E-state index contributed by atoms with van der Waals surface area (Å²) < 4.78 is 8.26. The largest absolute Gasteiger partial charge is 0.381 e. The third-order valence-electron chi connectivity index (χ3n) is 4.72. The first kappa shape index (κ1) is 15.0. The minimum atomic E-state index is -0.252. The van der Waals surface area contributed by atoms with Gasteiger partial charge in [0.15, 0.2) is 0 Å². The van der Waals surface area contributed by atoms with Crippen LogP contribution < -0.4 is 11.2 Å². The lowest BCUT2D eigenvalue weighted by atomic mass is 9.87. The summed E-state index contributed by atoms with van der Waals surface area (Å²) in [6.07, 6.45) is 7.40. The van der Waals surface area contributed by atoms with E-state index in [1.54, 1.807) is 26.4 Å². The number of aryl methyl sites for hydroxylation is 1. The summed E-state index contributed by atoms with van der Waals surface area (Å²) >= 11 is 0. The minimum absolute atomic E-state index is 0.236. The molecule has 0 radical (unpaired) electrons. The molecule has 0 N–H and O–H groups in total. The highest BCUT2D eigenvalue weighted by Crippen LogP contribution is 2.26. The molecule has 22 heavy (non-hydrogen) atoms. The molecule has 1 aliphatic rings. The molecule has 0 bridgehead atoms. The monoisotopic (exact) mass is 303 g/mol. The van der Waals surface area contributed by atoms with Crippen LogP contribution in [0.1, 0.15) is 25.7 Å². The second kappa shape index (κ2) is 6.04. The van der Waals surface area contributed by atoms with Crippen LogP contribution >= 0.6 is 0 Å². The molecule has 0 aromatic carbocycles.